The van der Waals surface area contributed by atoms with Crippen LogP contribution in [0.5, 0.6) is 0 Å². The number of hydrogen-bond acceptors (Lipinski definition) is 8. The highest BCUT2D eigenvalue weighted by Gasteiger charge is 2.25. The topological polar surface area (TPSA) is 134 Å². The molecule has 2 unspecified atom stereocenters. The van der Waals surface area contributed by atoms with E-state index < -0.39 is 32.5 Å². The Labute approximate surface area is 317 Å². The molecule has 3 N–H and O–H groups in total. The lowest BCUT2D eigenvalue weighted by Gasteiger charge is -2.19. The number of rotatable bonds is 37. The summed E-state index contributed by atoms with van der Waals surface area (Å²) in [6.45, 7) is 3.52. The van der Waals surface area contributed by atoms with Gasteiger partial charge in [0.05, 0.1) is 13.2 Å². The number of carbonyl (C=O) groups excluding carboxylic acids is 2. The molecule has 0 aliphatic heterocycles. The van der Waals surface area contributed by atoms with Crippen molar-refractivity contribution in [1.82, 2.24) is 0 Å². The second kappa shape index (κ2) is 38.4. The molecule has 0 saturated carbocycles. The van der Waals surface area contributed by atoms with E-state index in [1.807, 2.05) is 0 Å². The van der Waals surface area contributed by atoms with Crippen LogP contribution in [0.15, 0.2) is 60.8 Å². The van der Waals surface area contributed by atoms with Crippen LogP contribution in [0, 0.1) is 0 Å². The molecular formula is C42H74NO8P. The summed E-state index contributed by atoms with van der Waals surface area (Å²) < 4.78 is 32.5. The number of unbranched alkanes of at least 4 members (excludes halogenated alkanes) is 14. The summed E-state index contributed by atoms with van der Waals surface area (Å²) in [4.78, 5) is 34.5. The number of ether oxygens (including phenoxy) is 2. The Morgan fingerprint density at radius 2 is 1.06 bits per heavy atom. The molecule has 0 aliphatic rings. The van der Waals surface area contributed by atoms with Gasteiger partial charge < -0.3 is 20.1 Å². The fourth-order valence-electron chi connectivity index (χ4n) is 5.19. The molecule has 0 radical (unpaired) electrons. The minimum atomic E-state index is -4.37. The molecule has 9 nitrogen and oxygen atoms in total. The monoisotopic (exact) mass is 752 g/mol. The van der Waals surface area contributed by atoms with Gasteiger partial charge in [-0.05, 0) is 57.8 Å². The van der Waals surface area contributed by atoms with Crippen molar-refractivity contribution in [3.63, 3.8) is 0 Å². The summed E-state index contributed by atoms with van der Waals surface area (Å²) in [6.07, 6.45) is 44.3. The van der Waals surface area contributed by atoms with Crippen LogP contribution in [-0.2, 0) is 32.7 Å². The smallest absolute Gasteiger partial charge is 0.462 e. The molecule has 0 rings (SSSR count). The van der Waals surface area contributed by atoms with E-state index in [4.69, 9.17) is 24.3 Å². The number of carbonyl (C=O) groups is 2. The zero-order valence-electron chi connectivity index (χ0n) is 32.8. The summed E-state index contributed by atoms with van der Waals surface area (Å²) in [5.74, 6) is -0.850. The normalized spacial score (nSPS) is 14.0. The molecule has 0 aromatic heterocycles. The summed E-state index contributed by atoms with van der Waals surface area (Å²) in [5, 5.41) is 0. The van der Waals surface area contributed by atoms with Gasteiger partial charge >= 0.3 is 19.8 Å². The van der Waals surface area contributed by atoms with Gasteiger partial charge in [-0.2, -0.15) is 0 Å². The number of phosphoric acid groups is 1. The number of allylic oxidation sites excluding steroid dienone is 10. The van der Waals surface area contributed by atoms with Gasteiger partial charge in [0.1, 0.15) is 6.61 Å². The largest absolute Gasteiger partial charge is 0.472 e. The van der Waals surface area contributed by atoms with Gasteiger partial charge in [-0.1, -0.05) is 152 Å². The average Bonchev–Trinajstić information content (AvgIpc) is 3.13. The van der Waals surface area contributed by atoms with E-state index in [0.717, 1.165) is 89.9 Å². The second-order valence-electron chi connectivity index (χ2n) is 13.1. The van der Waals surface area contributed by atoms with Gasteiger partial charge in [-0.3, -0.25) is 18.6 Å². The Bertz CT molecular complexity index is 1040. The zero-order chi connectivity index (χ0) is 38.2. The average molecular weight is 752 g/mol. The lowest BCUT2D eigenvalue weighted by Crippen LogP contribution is -2.29. The summed E-state index contributed by atoms with van der Waals surface area (Å²) in [7, 11) is -4.37. The lowest BCUT2D eigenvalue weighted by atomic mass is 10.1. The van der Waals surface area contributed by atoms with Crippen LogP contribution in [0.1, 0.15) is 162 Å². The molecular weight excluding hydrogens is 677 g/mol. The van der Waals surface area contributed by atoms with Crippen LogP contribution in [0.4, 0.5) is 0 Å². The molecule has 0 aromatic carbocycles. The summed E-state index contributed by atoms with van der Waals surface area (Å²) in [6, 6.07) is 0. The predicted octanol–water partition coefficient (Wildman–Crippen LogP) is 11.3. The van der Waals surface area contributed by atoms with E-state index in [1.165, 1.54) is 38.5 Å². The Balaban J connectivity index is 4.02. The minimum Gasteiger partial charge on any atom is -0.462 e. The van der Waals surface area contributed by atoms with Gasteiger partial charge in [0.2, 0.25) is 0 Å². The maximum Gasteiger partial charge on any atom is 0.472 e. The molecule has 0 fully saturated rings. The van der Waals surface area contributed by atoms with E-state index in [0.29, 0.717) is 6.42 Å². The minimum absolute atomic E-state index is 0.0504. The highest BCUT2D eigenvalue weighted by molar-refractivity contribution is 7.47. The maximum absolute atomic E-state index is 12.5. The fourth-order valence-corrected chi connectivity index (χ4v) is 5.95. The van der Waals surface area contributed by atoms with Crippen LogP contribution >= 0.6 is 7.82 Å². The van der Waals surface area contributed by atoms with Crippen LogP contribution in [-0.4, -0.2) is 49.3 Å². The third-order valence-electron chi connectivity index (χ3n) is 8.17. The summed E-state index contributed by atoms with van der Waals surface area (Å²) >= 11 is 0. The molecule has 2 atom stereocenters. The predicted molar refractivity (Wildman–Crippen MR) is 215 cm³/mol. The Morgan fingerprint density at radius 3 is 1.58 bits per heavy atom. The molecule has 0 aliphatic carbocycles. The first-order chi connectivity index (χ1) is 25.3. The Kier molecular flexibility index (Phi) is 36.7. The van der Waals surface area contributed by atoms with Gasteiger partial charge in [0, 0.05) is 19.4 Å². The molecule has 52 heavy (non-hydrogen) atoms. The standard InChI is InChI=1S/C42H74NO8P/c1-3-5-7-9-11-12-13-14-15-16-17-18-19-20-21-22-23-24-25-26-27-28-29-31-33-35-42(45)51-40(39-50-52(46,47)49-37-36-43)38-48-41(44)34-32-30-10-8-6-4-2/h5,7,11-12,14-15,17-18,20-21,40H,3-4,6,8-10,13,16,19,22-39,43H2,1-2H3,(H,46,47)/b7-5-,12-11-,15-14-,18-17-,21-20-. The highest BCUT2D eigenvalue weighted by atomic mass is 31.2. The van der Waals surface area contributed by atoms with Crippen LogP contribution < -0.4 is 5.73 Å². The van der Waals surface area contributed by atoms with Crippen LogP contribution in [0.25, 0.3) is 0 Å². The molecule has 0 aromatic rings. The lowest BCUT2D eigenvalue weighted by molar-refractivity contribution is -0.161. The molecule has 0 heterocycles. The van der Waals surface area contributed by atoms with Crippen LogP contribution in [0.3, 0.4) is 0 Å². The maximum atomic E-state index is 12.5. The highest BCUT2D eigenvalue weighted by Crippen LogP contribution is 2.43. The van der Waals surface area contributed by atoms with Gasteiger partial charge in [0.25, 0.3) is 0 Å². The molecule has 0 amide bonds. The second-order valence-corrected chi connectivity index (χ2v) is 14.6. The molecule has 0 saturated heterocycles. The molecule has 0 spiro atoms. The zero-order valence-corrected chi connectivity index (χ0v) is 33.7. The quantitative estimate of drug-likeness (QED) is 0.0275. The first-order valence-electron chi connectivity index (χ1n) is 20.3. The van der Waals surface area contributed by atoms with Crippen molar-refractivity contribution in [2.24, 2.45) is 5.73 Å². The van der Waals surface area contributed by atoms with E-state index in [-0.39, 0.29) is 32.6 Å². The molecule has 0 bridgehead atoms. The Morgan fingerprint density at radius 1 is 0.596 bits per heavy atom. The van der Waals surface area contributed by atoms with Crippen molar-refractivity contribution in [2.45, 2.75) is 168 Å². The van der Waals surface area contributed by atoms with Crippen molar-refractivity contribution in [3.05, 3.63) is 60.8 Å². The van der Waals surface area contributed by atoms with Crippen molar-refractivity contribution in [2.75, 3.05) is 26.4 Å². The number of esters is 2. The van der Waals surface area contributed by atoms with E-state index in [1.54, 1.807) is 0 Å². The third kappa shape index (κ3) is 37.5. The SMILES string of the molecule is CC/C=C\C/C=C\C/C=C\C/C=C\C/C=C\CCCCCCCCCCCC(=O)OC(COC(=O)CCCCCCCC)COP(=O)(O)OCCN. The molecule has 300 valence electrons. The van der Waals surface area contributed by atoms with Crippen molar-refractivity contribution in [1.29, 1.82) is 0 Å². The number of nitrogens with two attached hydrogens (primary N) is 1. The van der Waals surface area contributed by atoms with Gasteiger partial charge in [-0.25, -0.2) is 4.57 Å². The Hall–Kier alpha value is -2.29. The van der Waals surface area contributed by atoms with Crippen LogP contribution in [0.2, 0.25) is 0 Å². The summed E-state index contributed by atoms with van der Waals surface area (Å²) in [5.41, 5.74) is 5.32. The van der Waals surface area contributed by atoms with E-state index in [9.17, 15) is 19.0 Å². The third-order valence-corrected chi connectivity index (χ3v) is 9.15. The fraction of sp³-hybridized carbons (Fsp3) is 0.714. The van der Waals surface area contributed by atoms with Crippen molar-refractivity contribution in [3.8, 4) is 0 Å². The van der Waals surface area contributed by atoms with E-state index in [2.05, 4.69) is 74.6 Å². The molecule has 10 heteroatoms. The van der Waals surface area contributed by atoms with Gasteiger partial charge in [-0.15, -0.1) is 0 Å². The number of hydrogen-bond donors (Lipinski definition) is 2. The first-order valence-corrected chi connectivity index (χ1v) is 21.8. The van der Waals surface area contributed by atoms with Crippen molar-refractivity contribution >= 4 is 19.8 Å². The number of phosphoric ester groups is 1. The first kappa shape index (κ1) is 49.7. The van der Waals surface area contributed by atoms with E-state index >= 15 is 0 Å². The van der Waals surface area contributed by atoms with Crippen molar-refractivity contribution < 1.29 is 37.6 Å². The van der Waals surface area contributed by atoms with Gasteiger partial charge in [0.15, 0.2) is 6.10 Å².